The van der Waals surface area contributed by atoms with Gasteiger partial charge in [-0.05, 0) is 46.5 Å². The number of aliphatic hydroxyl groups excluding tert-OH is 1. The number of hydrogen-bond donors (Lipinski definition) is 2. The second-order valence-corrected chi connectivity index (χ2v) is 6.26. The highest BCUT2D eigenvalue weighted by Crippen LogP contribution is 2.32. The van der Waals surface area contributed by atoms with Gasteiger partial charge in [0.25, 0.3) is 0 Å². The van der Waals surface area contributed by atoms with Crippen molar-refractivity contribution in [2.45, 2.75) is 46.1 Å². The van der Waals surface area contributed by atoms with Crippen LogP contribution in [0, 0.1) is 11.3 Å². The highest BCUT2D eigenvalue weighted by molar-refractivity contribution is 5.83. The second-order valence-electron chi connectivity index (χ2n) is 6.26. The summed E-state index contributed by atoms with van der Waals surface area (Å²) in [7, 11) is 0. The van der Waals surface area contributed by atoms with Gasteiger partial charge in [0.2, 0.25) is 5.91 Å². The summed E-state index contributed by atoms with van der Waals surface area (Å²) in [4.78, 5) is 14.3. The van der Waals surface area contributed by atoms with Crippen molar-refractivity contribution in [1.82, 2.24) is 4.90 Å². The molecular weight excluding hydrogens is 216 g/mol. The molecule has 0 spiro atoms. The molecule has 0 bridgehead atoms. The molecule has 1 aliphatic rings. The Morgan fingerprint density at radius 3 is 2.12 bits per heavy atom. The van der Waals surface area contributed by atoms with E-state index in [1.807, 2.05) is 32.6 Å². The third kappa shape index (κ3) is 2.99. The Morgan fingerprint density at radius 1 is 1.29 bits per heavy atom. The third-order valence-electron chi connectivity index (χ3n) is 4.31. The predicted octanol–water partition coefficient (Wildman–Crippen LogP) is 0.981. The summed E-state index contributed by atoms with van der Waals surface area (Å²) in [6, 6.07) is 0. The van der Waals surface area contributed by atoms with Crippen molar-refractivity contribution in [1.29, 1.82) is 0 Å². The van der Waals surface area contributed by atoms with Gasteiger partial charge in [0.1, 0.15) is 0 Å². The number of rotatable bonds is 3. The van der Waals surface area contributed by atoms with Gasteiger partial charge in [-0.15, -0.1) is 0 Å². The van der Waals surface area contributed by atoms with Crippen molar-refractivity contribution in [3.63, 3.8) is 0 Å². The Balaban J connectivity index is 2.66. The topological polar surface area (TPSA) is 66.6 Å². The van der Waals surface area contributed by atoms with Gasteiger partial charge in [0.15, 0.2) is 0 Å². The lowest BCUT2D eigenvalue weighted by atomic mass is 9.73. The molecule has 1 amide bonds. The minimum absolute atomic E-state index is 0.126. The summed E-state index contributed by atoms with van der Waals surface area (Å²) in [5.74, 6) is 0.481. The van der Waals surface area contributed by atoms with Crippen LogP contribution in [0.15, 0.2) is 0 Å². The first-order valence-corrected chi connectivity index (χ1v) is 6.39. The first-order chi connectivity index (χ1) is 7.70. The first-order valence-electron chi connectivity index (χ1n) is 6.39. The molecule has 0 saturated carbocycles. The summed E-state index contributed by atoms with van der Waals surface area (Å²) >= 11 is 0. The van der Waals surface area contributed by atoms with Crippen molar-refractivity contribution < 1.29 is 9.90 Å². The number of hydrogen-bond acceptors (Lipinski definition) is 3. The van der Waals surface area contributed by atoms with Crippen LogP contribution >= 0.6 is 0 Å². The van der Waals surface area contributed by atoms with Gasteiger partial charge in [0, 0.05) is 25.2 Å². The first kappa shape index (κ1) is 14.5. The molecule has 0 aromatic heterocycles. The van der Waals surface area contributed by atoms with Gasteiger partial charge in [0.05, 0.1) is 5.41 Å². The second kappa shape index (κ2) is 4.94. The molecule has 0 atom stereocenters. The smallest absolute Gasteiger partial charge is 0.230 e. The van der Waals surface area contributed by atoms with Crippen LogP contribution in [0.4, 0.5) is 0 Å². The van der Waals surface area contributed by atoms with Gasteiger partial charge < -0.3 is 15.7 Å². The number of nitrogens with zero attached hydrogens (tertiary/aromatic N) is 1. The van der Waals surface area contributed by atoms with Crippen LogP contribution in [0.1, 0.15) is 40.5 Å². The zero-order valence-corrected chi connectivity index (χ0v) is 11.5. The number of carbonyl (C=O) groups is 1. The van der Waals surface area contributed by atoms with Gasteiger partial charge in [-0.3, -0.25) is 4.79 Å². The molecule has 0 radical (unpaired) electrons. The molecule has 1 saturated heterocycles. The number of amides is 1. The minimum atomic E-state index is -0.556. The molecule has 1 aliphatic heterocycles. The molecule has 17 heavy (non-hydrogen) atoms. The van der Waals surface area contributed by atoms with Crippen molar-refractivity contribution in [3.05, 3.63) is 0 Å². The van der Waals surface area contributed by atoms with Gasteiger partial charge >= 0.3 is 0 Å². The summed E-state index contributed by atoms with van der Waals surface area (Å²) in [5.41, 5.74) is 5.00. The lowest BCUT2D eigenvalue weighted by molar-refractivity contribution is -0.145. The fraction of sp³-hybridized carbons (Fsp3) is 0.923. The normalized spacial score (nSPS) is 19.5. The number of likely N-dealkylation sites (tertiary alicyclic amines) is 1. The van der Waals surface area contributed by atoms with Crippen LogP contribution in [-0.4, -0.2) is 41.1 Å². The molecule has 0 aromatic rings. The van der Waals surface area contributed by atoms with Crippen LogP contribution in [0.3, 0.4) is 0 Å². The lowest BCUT2D eigenvalue weighted by Gasteiger charge is -2.42. The average molecular weight is 242 g/mol. The molecule has 0 unspecified atom stereocenters. The quantitative estimate of drug-likeness (QED) is 0.775. The molecule has 1 fully saturated rings. The molecule has 0 aliphatic carbocycles. The fourth-order valence-electron chi connectivity index (χ4n) is 1.99. The third-order valence-corrected chi connectivity index (χ3v) is 4.31. The molecule has 4 nitrogen and oxygen atoms in total. The van der Waals surface area contributed by atoms with Crippen LogP contribution in [0.25, 0.3) is 0 Å². The summed E-state index contributed by atoms with van der Waals surface area (Å²) in [6.45, 7) is 9.32. The lowest BCUT2D eigenvalue weighted by Crippen LogP contribution is -2.57. The standard InChI is InChI=1S/C13H26N2O2/c1-12(2,13(3,4)14)11(17)15-7-5-10(9-16)6-8-15/h10,16H,5-9,14H2,1-4H3. The SMILES string of the molecule is CC(C)(N)C(C)(C)C(=O)N1CCC(CO)CC1. The highest BCUT2D eigenvalue weighted by atomic mass is 16.3. The van der Waals surface area contributed by atoms with E-state index >= 15 is 0 Å². The Hall–Kier alpha value is -0.610. The maximum Gasteiger partial charge on any atom is 0.230 e. The minimum Gasteiger partial charge on any atom is -0.396 e. The van der Waals surface area contributed by atoms with E-state index in [0.717, 1.165) is 25.9 Å². The summed E-state index contributed by atoms with van der Waals surface area (Å²) < 4.78 is 0. The van der Waals surface area contributed by atoms with E-state index < -0.39 is 11.0 Å². The van der Waals surface area contributed by atoms with E-state index in [9.17, 15) is 4.79 Å². The Kier molecular flexibility index (Phi) is 4.20. The number of aliphatic hydroxyl groups is 1. The molecule has 1 heterocycles. The zero-order valence-electron chi connectivity index (χ0n) is 11.5. The molecule has 0 aromatic carbocycles. The van der Waals surface area contributed by atoms with E-state index in [4.69, 9.17) is 10.8 Å². The van der Waals surface area contributed by atoms with Gasteiger partial charge in [-0.25, -0.2) is 0 Å². The zero-order chi connectivity index (χ0) is 13.3. The van der Waals surface area contributed by atoms with Gasteiger partial charge in [-0.1, -0.05) is 0 Å². The highest BCUT2D eigenvalue weighted by Gasteiger charge is 2.43. The fourth-order valence-corrected chi connectivity index (χ4v) is 1.99. The van der Waals surface area contributed by atoms with Crippen LogP contribution < -0.4 is 5.73 Å². The molecule has 100 valence electrons. The van der Waals surface area contributed by atoms with Crippen molar-refractivity contribution in [2.24, 2.45) is 17.1 Å². The molecule has 4 heteroatoms. The maximum absolute atomic E-state index is 12.4. The summed E-state index contributed by atoms with van der Waals surface area (Å²) in [6.07, 6.45) is 1.78. The van der Waals surface area contributed by atoms with E-state index in [-0.39, 0.29) is 12.5 Å². The Labute approximate surface area is 104 Å². The Morgan fingerprint density at radius 2 is 1.76 bits per heavy atom. The average Bonchev–Trinajstić information content (AvgIpc) is 2.26. The number of nitrogens with two attached hydrogens (primary N) is 1. The Bertz CT molecular complexity index is 274. The number of piperidine rings is 1. The van der Waals surface area contributed by atoms with E-state index in [1.165, 1.54) is 0 Å². The monoisotopic (exact) mass is 242 g/mol. The predicted molar refractivity (Wildman–Crippen MR) is 68.4 cm³/mol. The van der Waals surface area contributed by atoms with E-state index in [0.29, 0.717) is 5.92 Å². The van der Waals surface area contributed by atoms with Crippen molar-refractivity contribution in [2.75, 3.05) is 19.7 Å². The van der Waals surface area contributed by atoms with E-state index in [1.54, 1.807) is 0 Å². The molecule has 1 rings (SSSR count). The van der Waals surface area contributed by atoms with Crippen LogP contribution in [0.5, 0.6) is 0 Å². The number of carbonyl (C=O) groups excluding carboxylic acids is 1. The van der Waals surface area contributed by atoms with Crippen LogP contribution in [-0.2, 0) is 4.79 Å². The largest absolute Gasteiger partial charge is 0.396 e. The van der Waals surface area contributed by atoms with Crippen molar-refractivity contribution in [3.8, 4) is 0 Å². The molecular formula is C13H26N2O2. The summed E-state index contributed by atoms with van der Waals surface area (Å²) in [5, 5.41) is 9.08. The van der Waals surface area contributed by atoms with Crippen LogP contribution in [0.2, 0.25) is 0 Å². The molecule has 3 N–H and O–H groups in total. The maximum atomic E-state index is 12.4. The van der Waals surface area contributed by atoms with E-state index in [2.05, 4.69) is 0 Å². The van der Waals surface area contributed by atoms with Crippen molar-refractivity contribution >= 4 is 5.91 Å². The van der Waals surface area contributed by atoms with Gasteiger partial charge in [-0.2, -0.15) is 0 Å².